The van der Waals surface area contributed by atoms with E-state index in [4.69, 9.17) is 21.4 Å². The molecule has 0 fully saturated rings. The lowest BCUT2D eigenvalue weighted by Crippen LogP contribution is -2.14. The normalized spacial score (nSPS) is 11.5. The first kappa shape index (κ1) is 15.9. The van der Waals surface area contributed by atoms with Gasteiger partial charge in [-0.15, -0.1) is 0 Å². The third-order valence-corrected chi connectivity index (χ3v) is 4.30. The topological polar surface area (TPSA) is 29.5 Å². The summed E-state index contributed by atoms with van der Waals surface area (Å²) in [6.07, 6.45) is 1.09. The van der Waals surface area contributed by atoms with Gasteiger partial charge in [0, 0.05) is 5.02 Å². The highest BCUT2D eigenvalue weighted by atomic mass is 35.5. The molecule has 0 unspecified atom stereocenters. The second-order valence-corrected chi connectivity index (χ2v) is 6.18. The molecule has 0 spiro atoms. The molecule has 0 heterocycles. The maximum Gasteiger partial charge on any atom is 0.128 e. The van der Waals surface area contributed by atoms with Gasteiger partial charge in [-0.25, -0.2) is 0 Å². The van der Waals surface area contributed by atoms with E-state index < -0.39 is 0 Å². The second kappa shape index (κ2) is 6.50. The van der Waals surface area contributed by atoms with E-state index in [-0.39, 0.29) is 12.0 Å². The minimum atomic E-state index is -0.0695. The van der Waals surface area contributed by atoms with Crippen molar-refractivity contribution >= 4 is 11.6 Å². The van der Waals surface area contributed by atoms with Gasteiger partial charge in [0.2, 0.25) is 0 Å². The van der Waals surface area contributed by atoms with Crippen LogP contribution in [0, 0.1) is 0 Å². The van der Waals surface area contributed by atoms with Crippen LogP contribution in [0.15, 0.2) is 42.5 Å². The Balaban J connectivity index is 2.15. The maximum atomic E-state index is 9.10. The molecule has 0 atom stereocenters. The lowest BCUT2D eigenvalue weighted by molar-refractivity contribution is 0.282. The van der Waals surface area contributed by atoms with Gasteiger partial charge >= 0.3 is 0 Å². The summed E-state index contributed by atoms with van der Waals surface area (Å²) >= 11 is 6.06. The third-order valence-electron chi connectivity index (χ3n) is 3.95. The van der Waals surface area contributed by atoms with Crippen molar-refractivity contribution in [1.29, 1.82) is 0 Å². The number of aliphatic hydroxyl groups is 1. The van der Waals surface area contributed by atoms with Crippen LogP contribution in [0.1, 0.15) is 38.3 Å². The number of halogens is 1. The first-order valence-electron chi connectivity index (χ1n) is 7.14. The number of benzene rings is 2. The van der Waals surface area contributed by atoms with Crippen LogP contribution in [-0.2, 0) is 12.0 Å². The number of hydrogen-bond donors (Lipinski definition) is 1. The van der Waals surface area contributed by atoms with Gasteiger partial charge < -0.3 is 9.84 Å². The van der Waals surface area contributed by atoms with Crippen LogP contribution >= 0.6 is 11.6 Å². The molecule has 0 amide bonds. The van der Waals surface area contributed by atoms with Crippen LogP contribution in [0.2, 0.25) is 5.02 Å². The Morgan fingerprint density at radius 3 is 2.19 bits per heavy atom. The van der Waals surface area contributed by atoms with Gasteiger partial charge in [0.1, 0.15) is 11.5 Å². The molecule has 2 aromatic carbocycles. The summed E-state index contributed by atoms with van der Waals surface area (Å²) in [6.45, 7) is 6.58. The summed E-state index contributed by atoms with van der Waals surface area (Å²) in [4.78, 5) is 0. The Kier molecular flexibility index (Phi) is 4.92. The van der Waals surface area contributed by atoms with Crippen molar-refractivity contribution in [3.8, 4) is 11.5 Å². The molecule has 2 aromatic rings. The minimum absolute atomic E-state index is 0.0695. The monoisotopic (exact) mass is 304 g/mol. The van der Waals surface area contributed by atoms with Crippen molar-refractivity contribution in [3.05, 3.63) is 58.6 Å². The molecular formula is C18H21ClO2. The SMILES string of the molecule is CCC(C)(C)c1ccc(Oc2ccc(CO)c(Cl)c2)cc1. The van der Waals surface area contributed by atoms with E-state index in [1.807, 2.05) is 12.1 Å². The van der Waals surface area contributed by atoms with Gasteiger partial charge in [-0.2, -0.15) is 0 Å². The fourth-order valence-corrected chi connectivity index (χ4v) is 2.26. The Hall–Kier alpha value is -1.51. The first-order chi connectivity index (χ1) is 9.96. The summed E-state index contributed by atoms with van der Waals surface area (Å²) in [6, 6.07) is 13.4. The van der Waals surface area contributed by atoms with Crippen molar-refractivity contribution in [3.63, 3.8) is 0 Å². The minimum Gasteiger partial charge on any atom is -0.457 e. The van der Waals surface area contributed by atoms with Crippen LogP contribution in [0.5, 0.6) is 11.5 Å². The number of rotatable bonds is 5. The highest BCUT2D eigenvalue weighted by Crippen LogP contribution is 2.30. The van der Waals surface area contributed by atoms with Crippen molar-refractivity contribution in [1.82, 2.24) is 0 Å². The van der Waals surface area contributed by atoms with Gasteiger partial charge in [0.15, 0.2) is 0 Å². The quantitative estimate of drug-likeness (QED) is 0.811. The zero-order chi connectivity index (χ0) is 15.5. The lowest BCUT2D eigenvalue weighted by Gasteiger charge is -2.23. The number of ether oxygens (including phenoxy) is 1. The molecule has 0 bridgehead atoms. The smallest absolute Gasteiger partial charge is 0.128 e. The molecule has 21 heavy (non-hydrogen) atoms. The third kappa shape index (κ3) is 3.78. The van der Waals surface area contributed by atoms with Crippen LogP contribution < -0.4 is 4.74 Å². The average molecular weight is 305 g/mol. The lowest BCUT2D eigenvalue weighted by atomic mass is 9.82. The van der Waals surface area contributed by atoms with Crippen molar-refractivity contribution in [2.24, 2.45) is 0 Å². The number of aliphatic hydroxyl groups excluding tert-OH is 1. The van der Waals surface area contributed by atoms with Gasteiger partial charge in [0.05, 0.1) is 6.61 Å². The molecule has 0 radical (unpaired) electrons. The van der Waals surface area contributed by atoms with Crippen molar-refractivity contribution in [2.45, 2.75) is 39.2 Å². The molecule has 0 aromatic heterocycles. The summed E-state index contributed by atoms with van der Waals surface area (Å²) < 4.78 is 5.79. The molecule has 2 nitrogen and oxygen atoms in total. The van der Waals surface area contributed by atoms with Gasteiger partial charge in [0.25, 0.3) is 0 Å². The van der Waals surface area contributed by atoms with Gasteiger partial charge in [-0.05, 0) is 47.2 Å². The molecule has 2 rings (SSSR count). The highest BCUT2D eigenvalue weighted by molar-refractivity contribution is 6.31. The Labute approximate surface area is 131 Å². The van der Waals surface area contributed by atoms with E-state index in [2.05, 4.69) is 32.9 Å². The molecule has 0 saturated heterocycles. The van der Waals surface area contributed by atoms with Crippen LogP contribution in [0.4, 0.5) is 0 Å². The Morgan fingerprint density at radius 1 is 1.05 bits per heavy atom. The first-order valence-corrected chi connectivity index (χ1v) is 7.52. The van der Waals surface area contributed by atoms with Gasteiger partial charge in [-0.1, -0.05) is 50.6 Å². The van der Waals surface area contributed by atoms with E-state index >= 15 is 0 Å². The fraction of sp³-hybridized carbons (Fsp3) is 0.333. The molecule has 1 N–H and O–H groups in total. The van der Waals surface area contributed by atoms with E-state index in [1.54, 1.807) is 18.2 Å². The molecule has 0 aliphatic carbocycles. The van der Waals surface area contributed by atoms with E-state index in [1.165, 1.54) is 5.56 Å². The zero-order valence-corrected chi connectivity index (χ0v) is 13.4. The van der Waals surface area contributed by atoms with E-state index in [9.17, 15) is 0 Å². The van der Waals surface area contributed by atoms with Crippen molar-refractivity contribution in [2.75, 3.05) is 0 Å². The molecule has 3 heteroatoms. The molecule has 0 aliphatic rings. The van der Waals surface area contributed by atoms with E-state index in [0.29, 0.717) is 16.3 Å². The summed E-state index contributed by atoms with van der Waals surface area (Å²) in [5, 5.41) is 9.62. The summed E-state index contributed by atoms with van der Waals surface area (Å²) in [5.41, 5.74) is 2.17. The summed E-state index contributed by atoms with van der Waals surface area (Å²) in [7, 11) is 0. The van der Waals surface area contributed by atoms with Crippen LogP contribution in [-0.4, -0.2) is 5.11 Å². The standard InChI is InChI=1S/C18H21ClO2/c1-4-18(2,3)14-6-9-15(10-7-14)21-16-8-5-13(12-20)17(19)11-16/h5-11,20H,4,12H2,1-3H3. The predicted octanol–water partition coefficient (Wildman–Crippen LogP) is 5.31. The average Bonchev–Trinajstić information content (AvgIpc) is 2.48. The second-order valence-electron chi connectivity index (χ2n) is 5.78. The maximum absolute atomic E-state index is 9.10. The largest absolute Gasteiger partial charge is 0.457 e. The van der Waals surface area contributed by atoms with Crippen LogP contribution in [0.25, 0.3) is 0 Å². The Bertz CT molecular complexity index is 603. The zero-order valence-electron chi connectivity index (χ0n) is 12.7. The van der Waals surface area contributed by atoms with E-state index in [0.717, 1.165) is 12.2 Å². The highest BCUT2D eigenvalue weighted by Gasteiger charge is 2.17. The molecule has 0 saturated carbocycles. The summed E-state index contributed by atoms with van der Waals surface area (Å²) in [5.74, 6) is 1.44. The molecular weight excluding hydrogens is 284 g/mol. The van der Waals surface area contributed by atoms with Crippen molar-refractivity contribution < 1.29 is 9.84 Å². The van der Waals surface area contributed by atoms with Gasteiger partial charge in [-0.3, -0.25) is 0 Å². The predicted molar refractivity (Wildman–Crippen MR) is 87.2 cm³/mol. The number of hydrogen-bond acceptors (Lipinski definition) is 2. The van der Waals surface area contributed by atoms with Crippen LogP contribution in [0.3, 0.4) is 0 Å². The molecule has 0 aliphatic heterocycles. The Morgan fingerprint density at radius 2 is 1.67 bits per heavy atom. The fourth-order valence-electron chi connectivity index (χ4n) is 2.03. The molecule has 112 valence electrons.